The van der Waals surface area contributed by atoms with Crippen LogP contribution >= 0.6 is 0 Å². The molecular weight excluding hydrogens is 813 g/mol. The second kappa shape index (κ2) is 17.2. The normalized spacial score (nSPS) is 14.4. The Kier molecular flexibility index (Phi) is 11.5. The van der Waals surface area contributed by atoms with E-state index in [0.29, 0.717) is 34.6 Å². The zero-order valence-corrected chi connectivity index (χ0v) is 33.0. The molecule has 6 aromatic heterocycles. The lowest BCUT2D eigenvalue weighted by Gasteiger charge is -2.16. The zero-order chi connectivity index (χ0) is 43.6. The Bertz CT molecular complexity index is 2940. The molecule has 0 atom stereocenters. The molecule has 2 aliphatic rings. The summed E-state index contributed by atoms with van der Waals surface area (Å²) >= 11 is 0. The van der Waals surface area contributed by atoms with Gasteiger partial charge in [0.05, 0.1) is 40.5 Å². The Balaban J connectivity index is 0.000000165. The van der Waals surface area contributed by atoms with Crippen LogP contribution < -0.4 is 0 Å². The molecule has 2 aliphatic carbocycles. The third kappa shape index (κ3) is 8.48. The van der Waals surface area contributed by atoms with E-state index in [9.17, 15) is 31.5 Å². The summed E-state index contributed by atoms with van der Waals surface area (Å²) in [4.78, 5) is 17.0. The monoisotopic (exact) mass is 849 g/mol. The van der Waals surface area contributed by atoms with Gasteiger partial charge in [-0.1, -0.05) is 53.7 Å². The molecule has 0 unspecified atom stereocenters. The van der Waals surface area contributed by atoms with Crippen molar-refractivity contribution in [2.24, 2.45) is 5.16 Å². The molecule has 10 rings (SSSR count). The number of nitrogens with zero attached hydrogens (tertiary/aromatic N) is 9. The van der Waals surface area contributed by atoms with Crippen LogP contribution in [-0.2, 0) is 31.6 Å². The Hall–Kier alpha value is -7.01. The lowest BCUT2D eigenvalue weighted by Crippen LogP contribution is -2.14. The summed E-state index contributed by atoms with van der Waals surface area (Å²) in [5, 5.41) is 29.8. The van der Waals surface area contributed by atoms with E-state index in [2.05, 4.69) is 31.4 Å². The molecule has 2 N–H and O–H groups in total. The third-order valence-corrected chi connectivity index (χ3v) is 10.6. The van der Waals surface area contributed by atoms with Crippen LogP contribution in [0.25, 0.3) is 56.0 Å². The summed E-state index contributed by atoms with van der Waals surface area (Å²) in [7, 11) is 1.00. The van der Waals surface area contributed by atoms with Gasteiger partial charge in [-0.15, -0.1) is 0 Å². The molecule has 0 amide bonds. The smallest absolute Gasteiger partial charge is 0.411 e. The first kappa shape index (κ1) is 41.7. The SMILES string of the molecule is CO.FC(F)(F)c1cccc(-n2ncc3ccc(-c4ccc5c(n4)CCCC5)cc32)n1.O/N=C1\CCCc2ccc(-c3ccc4cnn(-c5cccc(C(F)(F)F)n5)c4c3)nc21. The summed E-state index contributed by atoms with van der Waals surface area (Å²) in [6, 6.07) is 26.8. The van der Waals surface area contributed by atoms with Gasteiger partial charge in [-0.2, -0.15) is 36.5 Å². The van der Waals surface area contributed by atoms with Crippen molar-refractivity contribution in [1.29, 1.82) is 0 Å². The number of halogens is 6. The van der Waals surface area contributed by atoms with Crippen LogP contribution in [0.4, 0.5) is 26.3 Å². The summed E-state index contributed by atoms with van der Waals surface area (Å²) in [5.41, 5.74) is 7.30. The van der Waals surface area contributed by atoms with Gasteiger partial charge in [0.15, 0.2) is 11.6 Å². The zero-order valence-electron chi connectivity index (χ0n) is 33.0. The Labute approximate surface area is 350 Å². The standard InChI is InChI=1S/C22H16F3N5O.C22H17F3N4.CH4O/c23-22(24,25)19-5-2-6-20(28-19)30-18-11-14(7-8-15(18)12-26-30)16-10-9-13-3-1-4-17(29-31)21(13)27-16;23-22(24,25)20-6-3-7-21(28-20)29-19-12-15(8-9-16(19)13-26-29)18-11-10-14-4-1-2-5-17(14)27-18;1-2/h2,5-12,31H,1,3-4H2;3,6-13H,1-2,4-5H2;2H,1H3/b29-17+;;. The van der Waals surface area contributed by atoms with Gasteiger partial charge in [0.1, 0.15) is 17.1 Å². The third-order valence-electron chi connectivity index (χ3n) is 10.6. The molecule has 11 nitrogen and oxygen atoms in total. The van der Waals surface area contributed by atoms with Crippen LogP contribution in [0.1, 0.15) is 59.6 Å². The average molecular weight is 850 g/mol. The Morgan fingerprint density at radius 2 is 1.06 bits per heavy atom. The fourth-order valence-corrected chi connectivity index (χ4v) is 7.62. The van der Waals surface area contributed by atoms with Gasteiger partial charge in [-0.25, -0.2) is 24.3 Å². The van der Waals surface area contributed by atoms with Gasteiger partial charge in [-0.3, -0.25) is 4.98 Å². The minimum absolute atomic E-state index is 0.0788. The second-order valence-corrected chi connectivity index (χ2v) is 14.5. The largest absolute Gasteiger partial charge is 0.433 e. The van der Waals surface area contributed by atoms with E-state index in [1.165, 1.54) is 45.6 Å². The number of aliphatic hydroxyl groups excluding tert-OH is 1. The maximum atomic E-state index is 13.1. The van der Waals surface area contributed by atoms with Crippen molar-refractivity contribution in [2.45, 2.75) is 57.3 Å². The Morgan fingerprint density at radius 3 is 1.61 bits per heavy atom. The lowest BCUT2D eigenvalue weighted by atomic mass is 9.93. The number of benzene rings is 2. The topological polar surface area (TPSA) is 140 Å². The van der Waals surface area contributed by atoms with Crippen LogP contribution in [0.2, 0.25) is 0 Å². The second-order valence-electron chi connectivity index (χ2n) is 14.5. The summed E-state index contributed by atoms with van der Waals surface area (Å²) in [6.07, 6.45) is 0.997. The van der Waals surface area contributed by atoms with Crippen molar-refractivity contribution in [1.82, 2.24) is 39.5 Å². The minimum Gasteiger partial charge on any atom is -0.411 e. The first-order chi connectivity index (χ1) is 29.9. The van der Waals surface area contributed by atoms with Gasteiger partial charge in [0.2, 0.25) is 0 Å². The molecule has 2 aromatic carbocycles. The molecule has 0 saturated heterocycles. The molecule has 6 heterocycles. The number of aromatic nitrogens is 8. The van der Waals surface area contributed by atoms with Crippen LogP contribution in [0.5, 0.6) is 0 Å². The highest BCUT2D eigenvalue weighted by Crippen LogP contribution is 2.33. The fourth-order valence-electron chi connectivity index (χ4n) is 7.62. The van der Waals surface area contributed by atoms with Crippen LogP contribution in [-0.4, -0.2) is 62.6 Å². The van der Waals surface area contributed by atoms with Gasteiger partial charge in [0.25, 0.3) is 0 Å². The van der Waals surface area contributed by atoms with Gasteiger partial charge >= 0.3 is 12.4 Å². The molecule has 0 aliphatic heterocycles. The highest BCUT2D eigenvalue weighted by molar-refractivity contribution is 6.01. The summed E-state index contributed by atoms with van der Waals surface area (Å²) in [5.74, 6) is 0.209. The number of oxime groups is 1. The molecule has 0 spiro atoms. The molecule has 0 bridgehead atoms. The minimum atomic E-state index is -4.54. The van der Waals surface area contributed by atoms with Crippen molar-refractivity contribution in [2.75, 3.05) is 7.11 Å². The van der Waals surface area contributed by atoms with Crippen molar-refractivity contribution < 1.29 is 36.7 Å². The van der Waals surface area contributed by atoms with E-state index in [1.807, 2.05) is 54.6 Å². The predicted molar refractivity (Wildman–Crippen MR) is 220 cm³/mol. The van der Waals surface area contributed by atoms with E-state index in [4.69, 9.17) is 15.1 Å². The summed E-state index contributed by atoms with van der Waals surface area (Å²) in [6.45, 7) is 0. The maximum absolute atomic E-state index is 13.1. The van der Waals surface area contributed by atoms with Gasteiger partial charge in [-0.05, 0) is 105 Å². The van der Waals surface area contributed by atoms with Crippen LogP contribution in [0.3, 0.4) is 0 Å². The number of hydrogen-bond acceptors (Lipinski definition) is 9. The maximum Gasteiger partial charge on any atom is 0.433 e. The molecule has 62 heavy (non-hydrogen) atoms. The summed E-state index contributed by atoms with van der Waals surface area (Å²) < 4.78 is 81.2. The highest BCUT2D eigenvalue weighted by Gasteiger charge is 2.33. The number of rotatable bonds is 4. The van der Waals surface area contributed by atoms with E-state index in [1.54, 1.807) is 12.4 Å². The van der Waals surface area contributed by atoms with E-state index < -0.39 is 23.7 Å². The number of pyridine rings is 4. The highest BCUT2D eigenvalue weighted by atomic mass is 19.4. The molecular formula is C45H37F6N9O2. The van der Waals surface area contributed by atoms with Gasteiger partial charge in [0, 0.05) is 34.7 Å². The first-order valence-electron chi connectivity index (χ1n) is 19.6. The number of alkyl halides is 6. The molecule has 0 radical (unpaired) electrons. The van der Waals surface area contributed by atoms with E-state index >= 15 is 0 Å². The van der Waals surface area contributed by atoms with Crippen LogP contribution in [0, 0.1) is 0 Å². The molecule has 17 heteroatoms. The molecule has 8 aromatic rings. The predicted octanol–water partition coefficient (Wildman–Crippen LogP) is 10.0. The van der Waals surface area contributed by atoms with Crippen LogP contribution in [0.15, 0.2) is 115 Å². The van der Waals surface area contributed by atoms with Crippen molar-refractivity contribution in [3.63, 3.8) is 0 Å². The average Bonchev–Trinajstić information content (AvgIpc) is 3.93. The molecule has 0 fully saturated rings. The van der Waals surface area contributed by atoms with E-state index in [-0.39, 0.29) is 11.6 Å². The van der Waals surface area contributed by atoms with Crippen molar-refractivity contribution in [3.8, 4) is 34.2 Å². The number of fused-ring (bicyclic) bond motifs is 4. The molecule has 316 valence electrons. The first-order valence-corrected chi connectivity index (χ1v) is 19.6. The van der Waals surface area contributed by atoms with Gasteiger partial charge < -0.3 is 10.3 Å². The fraction of sp³-hybridized carbons (Fsp3) is 0.222. The molecule has 0 saturated carbocycles. The quantitative estimate of drug-likeness (QED) is 0.101. The lowest BCUT2D eigenvalue weighted by molar-refractivity contribution is -0.141. The Morgan fingerprint density at radius 1 is 0.548 bits per heavy atom. The van der Waals surface area contributed by atoms with E-state index in [0.717, 1.165) is 90.2 Å². The number of aliphatic hydroxyl groups is 1. The van der Waals surface area contributed by atoms with Crippen molar-refractivity contribution in [3.05, 3.63) is 143 Å². The van der Waals surface area contributed by atoms with Crippen molar-refractivity contribution >= 4 is 27.5 Å². The number of aryl methyl sites for hydroxylation is 3. The number of hydrogen-bond donors (Lipinski definition) is 2.